The Labute approximate surface area is 123 Å². The molecule has 0 radical (unpaired) electrons. The molecular weight excluding hydrogens is 276 g/mol. The lowest BCUT2D eigenvalue weighted by Gasteiger charge is -2.31. The molecule has 1 aromatic rings. The Morgan fingerprint density at radius 1 is 1.60 bits per heavy atom. The van der Waals surface area contributed by atoms with Gasteiger partial charge >= 0.3 is 0 Å². The van der Waals surface area contributed by atoms with Crippen LogP contribution in [0.1, 0.15) is 32.3 Å². The Morgan fingerprint density at radius 3 is 2.85 bits per heavy atom. The van der Waals surface area contributed by atoms with Crippen molar-refractivity contribution < 1.29 is 4.79 Å². The van der Waals surface area contributed by atoms with Crippen LogP contribution in [0.2, 0.25) is 5.02 Å². The second kappa shape index (κ2) is 5.68. The van der Waals surface area contributed by atoms with Gasteiger partial charge in [-0.2, -0.15) is 5.26 Å². The van der Waals surface area contributed by atoms with Crippen molar-refractivity contribution in [3.05, 3.63) is 22.8 Å². The first-order chi connectivity index (χ1) is 9.56. The molecule has 0 saturated carbocycles. The first-order valence-electron chi connectivity index (χ1n) is 6.66. The number of rotatable bonds is 4. The largest absolute Gasteiger partial charge is 0.357 e. The molecule has 2 heterocycles. The third kappa shape index (κ3) is 2.44. The van der Waals surface area contributed by atoms with Crippen molar-refractivity contribution in [1.29, 1.82) is 5.26 Å². The zero-order valence-corrected chi connectivity index (χ0v) is 12.3. The van der Waals surface area contributed by atoms with Crippen LogP contribution in [-0.2, 0) is 4.79 Å². The van der Waals surface area contributed by atoms with E-state index in [0.29, 0.717) is 22.9 Å². The maximum absolute atomic E-state index is 12.0. The minimum Gasteiger partial charge on any atom is -0.357 e. The lowest BCUT2D eigenvalue weighted by molar-refractivity contribution is -0.120. The summed E-state index contributed by atoms with van der Waals surface area (Å²) in [6, 6.07) is 3.18. The van der Waals surface area contributed by atoms with Crippen molar-refractivity contribution in [2.45, 2.75) is 32.7 Å². The Kier molecular flexibility index (Phi) is 4.15. The number of nitrogens with one attached hydrogen (secondary N) is 2. The highest BCUT2D eigenvalue weighted by Crippen LogP contribution is 2.36. The number of halogens is 1. The number of hydrogen-bond donors (Lipinski definition) is 2. The van der Waals surface area contributed by atoms with Crippen LogP contribution in [0, 0.1) is 16.7 Å². The zero-order valence-electron chi connectivity index (χ0n) is 11.5. The molecule has 106 valence electrons. The van der Waals surface area contributed by atoms with Crippen LogP contribution >= 0.6 is 11.6 Å². The highest BCUT2D eigenvalue weighted by atomic mass is 35.5. The van der Waals surface area contributed by atoms with Gasteiger partial charge in [-0.25, -0.2) is 4.98 Å². The molecule has 1 unspecified atom stereocenters. The summed E-state index contributed by atoms with van der Waals surface area (Å²) in [4.78, 5) is 16.2. The summed E-state index contributed by atoms with van der Waals surface area (Å²) in [6.07, 6.45) is 3.21. The van der Waals surface area contributed by atoms with Gasteiger partial charge in [0.2, 0.25) is 5.91 Å². The SMILES string of the molecule is CCC1(CC)CNC(=O)C1Nc1ncc(C#N)cc1Cl. The molecule has 2 rings (SSSR count). The van der Waals surface area contributed by atoms with Crippen LogP contribution in [0.15, 0.2) is 12.3 Å². The molecule has 2 N–H and O–H groups in total. The molecule has 1 aromatic heterocycles. The summed E-state index contributed by atoms with van der Waals surface area (Å²) >= 11 is 6.11. The molecule has 0 aromatic carbocycles. The fourth-order valence-electron chi connectivity index (χ4n) is 2.61. The highest BCUT2D eigenvalue weighted by Gasteiger charge is 2.46. The van der Waals surface area contributed by atoms with Crippen molar-refractivity contribution in [2.24, 2.45) is 5.41 Å². The van der Waals surface area contributed by atoms with Crippen LogP contribution < -0.4 is 10.6 Å². The summed E-state index contributed by atoms with van der Waals surface area (Å²) in [5.41, 5.74) is 0.268. The quantitative estimate of drug-likeness (QED) is 0.893. The van der Waals surface area contributed by atoms with E-state index in [9.17, 15) is 4.79 Å². The van der Waals surface area contributed by atoms with Crippen LogP contribution in [0.5, 0.6) is 0 Å². The Hall–Kier alpha value is -1.80. The second-order valence-electron chi connectivity index (χ2n) is 5.03. The van der Waals surface area contributed by atoms with E-state index in [1.165, 1.54) is 6.20 Å². The fraction of sp³-hybridized carbons (Fsp3) is 0.500. The molecule has 20 heavy (non-hydrogen) atoms. The lowest BCUT2D eigenvalue weighted by atomic mass is 9.78. The summed E-state index contributed by atoms with van der Waals surface area (Å²) < 4.78 is 0. The summed E-state index contributed by atoms with van der Waals surface area (Å²) in [5, 5.41) is 15.2. The molecule has 0 bridgehead atoms. The average molecular weight is 293 g/mol. The Morgan fingerprint density at radius 2 is 2.30 bits per heavy atom. The van der Waals surface area contributed by atoms with Crippen LogP contribution in [0.3, 0.4) is 0 Å². The number of nitriles is 1. The summed E-state index contributed by atoms with van der Waals surface area (Å²) in [5.74, 6) is 0.412. The second-order valence-corrected chi connectivity index (χ2v) is 5.44. The van der Waals surface area contributed by atoms with Crippen LogP contribution in [0.4, 0.5) is 5.82 Å². The molecule has 1 saturated heterocycles. The number of anilines is 1. The standard InChI is InChI=1S/C14H17ClN4O/c1-3-14(4-2)8-18-13(20)11(14)19-12-10(15)5-9(6-16)7-17-12/h5,7,11H,3-4,8H2,1-2H3,(H,17,19)(H,18,20). The van der Waals surface area contributed by atoms with Gasteiger partial charge in [-0.05, 0) is 18.9 Å². The van der Waals surface area contributed by atoms with Crippen LogP contribution in [0.25, 0.3) is 0 Å². The number of amides is 1. The topological polar surface area (TPSA) is 77.8 Å². The molecular formula is C14H17ClN4O. The summed E-state index contributed by atoms with van der Waals surface area (Å²) in [6.45, 7) is 4.81. The van der Waals surface area contributed by atoms with Crippen molar-refractivity contribution in [3.63, 3.8) is 0 Å². The predicted octanol–water partition coefficient (Wildman–Crippen LogP) is 2.32. The molecule has 6 heteroatoms. The number of aromatic nitrogens is 1. The molecule has 1 fully saturated rings. The van der Waals surface area contributed by atoms with Gasteiger partial charge in [0, 0.05) is 18.2 Å². The molecule has 5 nitrogen and oxygen atoms in total. The van der Waals surface area contributed by atoms with E-state index in [-0.39, 0.29) is 17.4 Å². The normalized spacial score (nSPS) is 20.3. The van der Waals surface area contributed by atoms with E-state index in [1.54, 1.807) is 6.07 Å². The number of carbonyl (C=O) groups is 1. The number of hydrogen-bond acceptors (Lipinski definition) is 4. The monoisotopic (exact) mass is 292 g/mol. The van der Waals surface area contributed by atoms with Gasteiger partial charge < -0.3 is 10.6 Å². The highest BCUT2D eigenvalue weighted by molar-refractivity contribution is 6.33. The number of nitrogens with zero attached hydrogens (tertiary/aromatic N) is 2. The van der Waals surface area contributed by atoms with E-state index in [4.69, 9.17) is 16.9 Å². The fourth-order valence-corrected chi connectivity index (χ4v) is 2.84. The molecule has 1 aliphatic rings. The summed E-state index contributed by atoms with van der Waals surface area (Å²) in [7, 11) is 0. The van der Waals surface area contributed by atoms with Crippen molar-refractivity contribution >= 4 is 23.3 Å². The lowest BCUT2D eigenvalue weighted by Crippen LogP contribution is -2.41. The molecule has 1 amide bonds. The van der Waals surface area contributed by atoms with Gasteiger partial charge in [-0.3, -0.25) is 4.79 Å². The first kappa shape index (κ1) is 14.6. The minimum absolute atomic E-state index is 0.0315. The Bertz CT molecular complexity index is 563. The van der Waals surface area contributed by atoms with E-state index in [1.807, 2.05) is 6.07 Å². The zero-order chi connectivity index (χ0) is 14.8. The maximum atomic E-state index is 12.0. The molecule has 0 spiro atoms. The minimum atomic E-state index is -0.351. The maximum Gasteiger partial charge on any atom is 0.243 e. The first-order valence-corrected chi connectivity index (χ1v) is 7.04. The number of carbonyl (C=O) groups excluding carboxylic acids is 1. The molecule has 1 aliphatic heterocycles. The van der Waals surface area contributed by atoms with Gasteiger partial charge in [0.15, 0.2) is 0 Å². The van der Waals surface area contributed by atoms with E-state index >= 15 is 0 Å². The number of pyridine rings is 1. The predicted molar refractivity (Wildman–Crippen MR) is 77.4 cm³/mol. The molecule has 0 aliphatic carbocycles. The van der Waals surface area contributed by atoms with Crippen molar-refractivity contribution in [3.8, 4) is 6.07 Å². The van der Waals surface area contributed by atoms with Crippen LogP contribution in [-0.4, -0.2) is 23.5 Å². The smallest absolute Gasteiger partial charge is 0.243 e. The van der Waals surface area contributed by atoms with Crippen molar-refractivity contribution in [2.75, 3.05) is 11.9 Å². The van der Waals surface area contributed by atoms with Gasteiger partial charge in [0.1, 0.15) is 17.9 Å². The van der Waals surface area contributed by atoms with Crippen molar-refractivity contribution in [1.82, 2.24) is 10.3 Å². The molecule has 1 atom stereocenters. The van der Waals surface area contributed by atoms with Gasteiger partial charge in [-0.15, -0.1) is 0 Å². The third-order valence-electron chi connectivity index (χ3n) is 4.15. The van der Waals surface area contributed by atoms with E-state index < -0.39 is 0 Å². The van der Waals surface area contributed by atoms with Gasteiger partial charge in [0.05, 0.1) is 10.6 Å². The Balaban J connectivity index is 2.28. The van der Waals surface area contributed by atoms with Gasteiger partial charge in [0.25, 0.3) is 0 Å². The average Bonchev–Trinajstić information content (AvgIpc) is 2.78. The third-order valence-corrected chi connectivity index (χ3v) is 4.44. The van der Waals surface area contributed by atoms with E-state index in [2.05, 4.69) is 29.5 Å². The van der Waals surface area contributed by atoms with Gasteiger partial charge in [-0.1, -0.05) is 25.4 Å². The van der Waals surface area contributed by atoms with E-state index in [0.717, 1.165) is 12.8 Å².